The molecule has 4 aliphatic rings. The van der Waals surface area contributed by atoms with Gasteiger partial charge in [0.25, 0.3) is 0 Å². The summed E-state index contributed by atoms with van der Waals surface area (Å²) in [6.45, 7) is 29.9. The van der Waals surface area contributed by atoms with Gasteiger partial charge < -0.3 is 43.9 Å². The number of hydrogen-bond donors (Lipinski definition) is 1. The maximum Gasteiger partial charge on any atom is 0.410 e. The van der Waals surface area contributed by atoms with Crippen molar-refractivity contribution in [2.45, 2.75) is 91.9 Å². The number of piperazine rings is 4. The average molecular weight is 930 g/mol. The van der Waals surface area contributed by atoms with E-state index in [9.17, 15) is 19.2 Å². The predicted octanol–water partition coefficient (Wildman–Crippen LogP) is 6.28. The highest BCUT2D eigenvalue weighted by atomic mass is 35.5. The number of carbonyl (C=O) groups is 4. The Hall–Kier alpha value is -4.35. The van der Waals surface area contributed by atoms with Gasteiger partial charge >= 0.3 is 24.4 Å². The molecule has 17 heteroatoms. The molecule has 16 nitrogen and oxygen atoms in total. The van der Waals surface area contributed by atoms with Gasteiger partial charge in [-0.3, -0.25) is 14.7 Å². The number of benzene rings is 2. The first kappa shape index (κ1) is 53.3. The molecule has 6 rings (SSSR count). The third-order valence-electron chi connectivity index (χ3n) is 11.2. The predicted molar refractivity (Wildman–Crippen MR) is 254 cm³/mol. The van der Waals surface area contributed by atoms with Crippen molar-refractivity contribution < 1.29 is 38.1 Å². The highest BCUT2D eigenvalue weighted by Crippen LogP contribution is 2.16. The smallest absolute Gasteiger partial charge is 0.410 e. The summed E-state index contributed by atoms with van der Waals surface area (Å²) in [6.07, 6.45) is -0.889. The van der Waals surface area contributed by atoms with Crippen LogP contribution in [0.2, 0.25) is 0 Å². The van der Waals surface area contributed by atoms with Crippen LogP contribution < -0.4 is 5.32 Å². The lowest BCUT2D eigenvalue weighted by Gasteiger charge is -2.41. The average Bonchev–Trinajstić information content (AvgIpc) is 3.27. The third kappa shape index (κ3) is 20.4. The Labute approximate surface area is 393 Å². The summed E-state index contributed by atoms with van der Waals surface area (Å²) < 4.78 is 21.5. The molecule has 2 atom stereocenters. The molecule has 1 N–H and O–H groups in total. The summed E-state index contributed by atoms with van der Waals surface area (Å²) in [5.41, 5.74) is 1.15. The molecule has 4 saturated heterocycles. The second-order valence-electron chi connectivity index (χ2n) is 19.0. The fourth-order valence-electron chi connectivity index (χ4n) is 7.56. The Balaban J connectivity index is 0.000000236. The molecule has 65 heavy (non-hydrogen) atoms. The van der Waals surface area contributed by atoms with E-state index in [-0.39, 0.29) is 30.4 Å². The van der Waals surface area contributed by atoms with Crippen LogP contribution in [0, 0.1) is 0 Å². The van der Waals surface area contributed by atoms with Gasteiger partial charge in [-0.15, -0.1) is 11.6 Å². The van der Waals surface area contributed by atoms with Crippen LogP contribution in [-0.2, 0) is 32.2 Å². The normalized spacial score (nSPS) is 20.1. The molecule has 0 radical (unpaired) electrons. The molecular formula is C48H77ClN8O8. The fraction of sp³-hybridized carbons (Fsp3) is 0.667. The molecule has 0 aromatic heterocycles. The van der Waals surface area contributed by atoms with Gasteiger partial charge in [0.2, 0.25) is 0 Å². The van der Waals surface area contributed by atoms with Crippen molar-refractivity contribution in [1.29, 1.82) is 0 Å². The van der Waals surface area contributed by atoms with E-state index >= 15 is 0 Å². The highest BCUT2D eigenvalue weighted by molar-refractivity contribution is 6.18. The molecular weight excluding hydrogens is 852 g/mol. The Morgan fingerprint density at radius 3 is 1.40 bits per heavy atom. The largest absolute Gasteiger partial charge is 0.445 e. The number of alkyl halides is 1. The summed E-state index contributed by atoms with van der Waals surface area (Å²) in [7, 11) is 0. The van der Waals surface area contributed by atoms with Gasteiger partial charge in [-0.2, -0.15) is 0 Å². The first-order chi connectivity index (χ1) is 30.9. The summed E-state index contributed by atoms with van der Waals surface area (Å²) >= 11 is 5.67. The molecule has 0 unspecified atom stereocenters. The van der Waals surface area contributed by atoms with Crippen molar-refractivity contribution in [3.63, 3.8) is 0 Å². The standard InChI is InChI=1S/C24H38N4O4.C13H18N2O2.C11H21ClN2O2/c1-20-18-28(22(29)31-19-21-8-6-5-7-9-21)17-16-26(20)13-10-25-11-14-27(15-12-25)23(30)32-24(2,3)4;1-11-9-15(8-7-14-11)13(16)17-10-12-5-3-2-4-6-12;1-11(2,3)16-10(15)14-8-6-13(5-4-12)7-9-14/h5-9,20H,10-19H2,1-4H3;2-6,11,14H,7-10H2,1H3;4-9H2,1-3H3/t20-;11-;/m00./s1. The lowest BCUT2D eigenvalue weighted by molar-refractivity contribution is 0.0116. The van der Waals surface area contributed by atoms with Crippen molar-refractivity contribution in [1.82, 2.24) is 39.6 Å². The monoisotopic (exact) mass is 929 g/mol. The van der Waals surface area contributed by atoms with E-state index < -0.39 is 11.2 Å². The quantitative estimate of drug-likeness (QED) is 0.224. The second kappa shape index (κ2) is 26.7. The van der Waals surface area contributed by atoms with Gasteiger partial charge in [0.15, 0.2) is 0 Å². The van der Waals surface area contributed by atoms with Gasteiger partial charge in [0, 0.05) is 129 Å². The molecule has 0 aliphatic carbocycles. The van der Waals surface area contributed by atoms with Crippen molar-refractivity contribution in [3.05, 3.63) is 71.8 Å². The van der Waals surface area contributed by atoms with E-state index in [0.29, 0.717) is 57.9 Å². The minimum atomic E-state index is -0.458. The molecule has 0 spiro atoms. The number of halogens is 1. The Morgan fingerprint density at radius 2 is 0.985 bits per heavy atom. The van der Waals surface area contributed by atoms with Gasteiger partial charge in [-0.05, 0) is 66.5 Å². The van der Waals surface area contributed by atoms with Gasteiger partial charge in [-0.25, -0.2) is 19.2 Å². The maximum atomic E-state index is 12.4. The molecule has 364 valence electrons. The molecule has 4 fully saturated rings. The van der Waals surface area contributed by atoms with Crippen LogP contribution in [-0.4, -0.2) is 199 Å². The molecule has 2 aromatic carbocycles. The fourth-order valence-corrected chi connectivity index (χ4v) is 7.80. The van der Waals surface area contributed by atoms with Crippen LogP contribution in [0.1, 0.15) is 66.5 Å². The zero-order valence-electron chi connectivity index (χ0n) is 40.3. The summed E-state index contributed by atoms with van der Waals surface area (Å²) in [5, 5.41) is 3.29. The number of hydrogen-bond acceptors (Lipinski definition) is 12. The topological polar surface area (TPSA) is 140 Å². The lowest BCUT2D eigenvalue weighted by Crippen LogP contribution is -2.56. The Morgan fingerprint density at radius 1 is 0.554 bits per heavy atom. The number of amides is 4. The molecule has 2 aromatic rings. The zero-order chi connectivity index (χ0) is 47.4. The summed E-state index contributed by atoms with van der Waals surface area (Å²) in [4.78, 5) is 62.4. The van der Waals surface area contributed by atoms with Crippen LogP contribution in [0.4, 0.5) is 19.2 Å². The number of ether oxygens (including phenoxy) is 4. The van der Waals surface area contributed by atoms with Gasteiger partial charge in [0.05, 0.1) is 0 Å². The van der Waals surface area contributed by atoms with E-state index in [1.165, 1.54) is 0 Å². The van der Waals surface area contributed by atoms with Crippen molar-refractivity contribution in [3.8, 4) is 0 Å². The summed E-state index contributed by atoms with van der Waals surface area (Å²) in [5.74, 6) is 0.645. The van der Waals surface area contributed by atoms with Crippen LogP contribution in [0.5, 0.6) is 0 Å². The number of nitrogens with zero attached hydrogens (tertiary/aromatic N) is 7. The van der Waals surface area contributed by atoms with E-state index in [2.05, 4.69) is 33.9 Å². The molecule has 0 bridgehead atoms. The Kier molecular flexibility index (Phi) is 21.9. The van der Waals surface area contributed by atoms with Crippen molar-refractivity contribution in [2.24, 2.45) is 0 Å². The van der Waals surface area contributed by atoms with Crippen molar-refractivity contribution in [2.75, 3.05) is 117 Å². The van der Waals surface area contributed by atoms with Crippen LogP contribution in [0.3, 0.4) is 0 Å². The lowest BCUT2D eigenvalue weighted by atomic mass is 10.2. The first-order valence-electron chi connectivity index (χ1n) is 23.2. The zero-order valence-corrected chi connectivity index (χ0v) is 41.1. The second-order valence-corrected chi connectivity index (χ2v) is 19.4. The maximum absolute atomic E-state index is 12.4. The van der Waals surface area contributed by atoms with Gasteiger partial charge in [0.1, 0.15) is 24.4 Å². The number of nitrogens with one attached hydrogen (secondary N) is 1. The number of rotatable bonds is 9. The molecule has 4 heterocycles. The minimum absolute atomic E-state index is 0.210. The van der Waals surface area contributed by atoms with Crippen molar-refractivity contribution >= 4 is 36.0 Å². The van der Waals surface area contributed by atoms with E-state index in [1.807, 2.05) is 107 Å². The number of carbonyl (C=O) groups excluding carboxylic acids is 4. The minimum Gasteiger partial charge on any atom is -0.445 e. The van der Waals surface area contributed by atoms with Crippen LogP contribution >= 0.6 is 11.6 Å². The highest BCUT2D eigenvalue weighted by Gasteiger charge is 2.30. The molecule has 4 amide bonds. The van der Waals surface area contributed by atoms with Gasteiger partial charge in [-0.1, -0.05) is 60.7 Å². The SMILES string of the molecule is CC(C)(C)OC(=O)N1CCN(CCCl)CC1.C[C@H]1CN(C(=O)OCc2ccccc2)CCN1.C[C@H]1CN(C(=O)OCc2ccccc2)CCN1CCN1CCN(C(=O)OC(C)(C)C)CC1. The first-order valence-corrected chi connectivity index (χ1v) is 23.8. The van der Waals surface area contributed by atoms with E-state index in [4.69, 9.17) is 30.5 Å². The van der Waals surface area contributed by atoms with Crippen LogP contribution in [0.15, 0.2) is 60.7 Å². The Bertz CT molecular complexity index is 1720. The third-order valence-corrected chi connectivity index (χ3v) is 11.4. The molecule has 0 saturated carbocycles. The van der Waals surface area contributed by atoms with E-state index in [1.54, 1.807) is 14.7 Å². The summed E-state index contributed by atoms with van der Waals surface area (Å²) in [6, 6.07) is 20.1. The molecule has 4 aliphatic heterocycles. The van der Waals surface area contributed by atoms with E-state index in [0.717, 1.165) is 89.7 Å². The van der Waals surface area contributed by atoms with Crippen LogP contribution in [0.25, 0.3) is 0 Å².